The molecule has 4 N–H and O–H groups in total. The highest BCUT2D eigenvalue weighted by molar-refractivity contribution is 5.89. The van der Waals surface area contributed by atoms with Crippen LogP contribution in [-0.2, 0) is 9.47 Å². The summed E-state index contributed by atoms with van der Waals surface area (Å²) in [5, 5.41) is 38.1. The third-order valence-corrected chi connectivity index (χ3v) is 3.10. The SMILES string of the molecule is O=C(O[C@H]1C(O)O[C@H](CO)[C@@H](O)[C@@H]1O)c1ccccc1. The van der Waals surface area contributed by atoms with Crippen LogP contribution < -0.4 is 0 Å². The van der Waals surface area contributed by atoms with Crippen LogP contribution in [0.1, 0.15) is 10.4 Å². The minimum absolute atomic E-state index is 0.241. The van der Waals surface area contributed by atoms with Gasteiger partial charge in [0.2, 0.25) is 0 Å². The number of carbonyl (C=O) groups is 1. The van der Waals surface area contributed by atoms with Gasteiger partial charge in [-0.15, -0.1) is 0 Å². The predicted octanol–water partition coefficient (Wildman–Crippen LogP) is -1.36. The molecular weight excluding hydrogens is 268 g/mol. The second-order valence-corrected chi connectivity index (χ2v) is 4.46. The van der Waals surface area contributed by atoms with Crippen LogP contribution in [0.25, 0.3) is 0 Å². The summed E-state index contributed by atoms with van der Waals surface area (Å²) in [6, 6.07) is 8.02. The molecule has 0 radical (unpaired) electrons. The van der Waals surface area contributed by atoms with Gasteiger partial charge in [0.25, 0.3) is 0 Å². The lowest BCUT2D eigenvalue weighted by atomic mass is 9.99. The van der Waals surface area contributed by atoms with Crippen LogP contribution in [0, 0.1) is 0 Å². The minimum Gasteiger partial charge on any atom is -0.450 e. The van der Waals surface area contributed by atoms with E-state index in [1.54, 1.807) is 18.2 Å². The third kappa shape index (κ3) is 2.97. The first-order valence-corrected chi connectivity index (χ1v) is 6.11. The van der Waals surface area contributed by atoms with E-state index in [2.05, 4.69) is 0 Å². The van der Waals surface area contributed by atoms with E-state index < -0.39 is 43.3 Å². The molecule has 2 rings (SSSR count). The molecule has 0 aromatic heterocycles. The quantitative estimate of drug-likeness (QED) is 0.507. The van der Waals surface area contributed by atoms with E-state index in [0.717, 1.165) is 0 Å². The summed E-state index contributed by atoms with van der Waals surface area (Å²) in [6.45, 7) is -0.575. The van der Waals surface area contributed by atoms with Crippen molar-refractivity contribution < 1.29 is 34.7 Å². The topological polar surface area (TPSA) is 116 Å². The normalized spacial score (nSPS) is 33.7. The minimum atomic E-state index is -1.63. The molecule has 0 aliphatic carbocycles. The Kier molecular flexibility index (Phi) is 4.69. The number of esters is 1. The van der Waals surface area contributed by atoms with Crippen LogP contribution in [0.4, 0.5) is 0 Å². The number of hydrogen-bond acceptors (Lipinski definition) is 7. The molecule has 0 amide bonds. The van der Waals surface area contributed by atoms with Crippen molar-refractivity contribution in [2.75, 3.05) is 6.61 Å². The Balaban J connectivity index is 2.07. The first kappa shape index (κ1) is 14.9. The Hall–Kier alpha value is -1.51. The number of benzene rings is 1. The molecule has 20 heavy (non-hydrogen) atoms. The first-order valence-electron chi connectivity index (χ1n) is 6.11. The van der Waals surface area contributed by atoms with Crippen molar-refractivity contribution in [1.29, 1.82) is 0 Å². The van der Waals surface area contributed by atoms with E-state index in [4.69, 9.17) is 14.6 Å². The molecule has 0 spiro atoms. The summed E-state index contributed by atoms with van der Waals surface area (Å²) in [6.07, 6.45) is -7.20. The zero-order valence-corrected chi connectivity index (χ0v) is 10.5. The molecule has 110 valence electrons. The Bertz CT molecular complexity index is 449. The lowest BCUT2D eigenvalue weighted by Crippen LogP contribution is -2.59. The van der Waals surface area contributed by atoms with E-state index >= 15 is 0 Å². The molecule has 1 saturated heterocycles. The molecule has 1 unspecified atom stereocenters. The summed E-state index contributed by atoms with van der Waals surface area (Å²) in [5.41, 5.74) is 0.241. The molecule has 1 aliphatic rings. The molecule has 1 aromatic carbocycles. The molecule has 1 aromatic rings. The number of ether oxygens (including phenoxy) is 2. The molecule has 7 nitrogen and oxygen atoms in total. The van der Waals surface area contributed by atoms with Gasteiger partial charge < -0.3 is 29.9 Å². The Morgan fingerprint density at radius 3 is 2.40 bits per heavy atom. The zero-order valence-electron chi connectivity index (χ0n) is 10.5. The zero-order chi connectivity index (χ0) is 14.7. The maximum atomic E-state index is 11.8. The van der Waals surface area contributed by atoms with Crippen LogP contribution >= 0.6 is 0 Å². The van der Waals surface area contributed by atoms with Crippen molar-refractivity contribution in [3.63, 3.8) is 0 Å². The Labute approximate surface area is 115 Å². The number of carbonyl (C=O) groups excluding carboxylic acids is 1. The summed E-state index contributed by atoms with van der Waals surface area (Å²) < 4.78 is 9.85. The summed E-state index contributed by atoms with van der Waals surface area (Å²) in [7, 11) is 0. The second-order valence-electron chi connectivity index (χ2n) is 4.46. The van der Waals surface area contributed by atoms with Gasteiger partial charge in [-0.3, -0.25) is 0 Å². The first-order chi connectivity index (χ1) is 9.54. The van der Waals surface area contributed by atoms with Gasteiger partial charge in [-0.05, 0) is 12.1 Å². The van der Waals surface area contributed by atoms with E-state index in [9.17, 15) is 20.1 Å². The second kappa shape index (κ2) is 6.29. The van der Waals surface area contributed by atoms with E-state index in [-0.39, 0.29) is 5.56 Å². The molecule has 0 bridgehead atoms. The predicted molar refractivity (Wildman–Crippen MR) is 65.6 cm³/mol. The van der Waals surface area contributed by atoms with Gasteiger partial charge >= 0.3 is 5.97 Å². The van der Waals surface area contributed by atoms with E-state index in [1.807, 2.05) is 0 Å². The Morgan fingerprint density at radius 2 is 1.80 bits per heavy atom. The summed E-state index contributed by atoms with van der Waals surface area (Å²) in [5.74, 6) is -0.757. The fourth-order valence-corrected chi connectivity index (χ4v) is 1.96. The fourth-order valence-electron chi connectivity index (χ4n) is 1.96. The maximum absolute atomic E-state index is 11.8. The lowest BCUT2D eigenvalue weighted by molar-refractivity contribution is -0.285. The van der Waals surface area contributed by atoms with Gasteiger partial charge in [0.15, 0.2) is 12.4 Å². The average Bonchev–Trinajstić information content (AvgIpc) is 2.48. The molecule has 1 heterocycles. The fraction of sp³-hybridized carbons (Fsp3) is 0.462. The number of aliphatic hydroxyl groups is 4. The Morgan fingerprint density at radius 1 is 1.15 bits per heavy atom. The van der Waals surface area contributed by atoms with Crippen molar-refractivity contribution in [2.24, 2.45) is 0 Å². The molecule has 7 heteroatoms. The van der Waals surface area contributed by atoms with Crippen LogP contribution in [0.5, 0.6) is 0 Å². The van der Waals surface area contributed by atoms with Crippen LogP contribution in [0.3, 0.4) is 0 Å². The van der Waals surface area contributed by atoms with Crippen LogP contribution in [0.2, 0.25) is 0 Å². The van der Waals surface area contributed by atoms with E-state index in [0.29, 0.717) is 0 Å². The molecule has 5 atom stereocenters. The van der Waals surface area contributed by atoms with Gasteiger partial charge in [-0.25, -0.2) is 4.79 Å². The lowest BCUT2D eigenvalue weighted by Gasteiger charge is -2.39. The highest BCUT2D eigenvalue weighted by Crippen LogP contribution is 2.23. The smallest absolute Gasteiger partial charge is 0.338 e. The number of hydrogen-bond donors (Lipinski definition) is 4. The standard InChI is InChI=1S/C13H16O7/c14-6-8-9(15)10(16)11(13(18)19-8)20-12(17)7-4-2-1-3-5-7/h1-5,8-11,13-16,18H,6H2/t8-,9-,10+,11-,13?/m1/s1. The highest BCUT2D eigenvalue weighted by atomic mass is 16.7. The number of rotatable bonds is 3. The third-order valence-electron chi connectivity index (χ3n) is 3.10. The van der Waals surface area contributed by atoms with Crippen LogP contribution in [-0.4, -0.2) is 63.7 Å². The van der Waals surface area contributed by atoms with Crippen molar-refractivity contribution in [3.05, 3.63) is 35.9 Å². The maximum Gasteiger partial charge on any atom is 0.338 e. The molecule has 1 fully saturated rings. The van der Waals surface area contributed by atoms with Crippen molar-refractivity contribution >= 4 is 5.97 Å². The summed E-state index contributed by atoms with van der Waals surface area (Å²) >= 11 is 0. The van der Waals surface area contributed by atoms with Crippen molar-refractivity contribution in [3.8, 4) is 0 Å². The highest BCUT2D eigenvalue weighted by Gasteiger charge is 2.45. The summed E-state index contributed by atoms with van der Waals surface area (Å²) in [4.78, 5) is 11.8. The monoisotopic (exact) mass is 284 g/mol. The van der Waals surface area contributed by atoms with Crippen LogP contribution in [0.15, 0.2) is 30.3 Å². The van der Waals surface area contributed by atoms with Gasteiger partial charge in [-0.2, -0.15) is 0 Å². The van der Waals surface area contributed by atoms with Crippen molar-refractivity contribution in [1.82, 2.24) is 0 Å². The van der Waals surface area contributed by atoms with Gasteiger partial charge in [0, 0.05) is 0 Å². The molecule has 0 saturated carbocycles. The van der Waals surface area contributed by atoms with Gasteiger partial charge in [0.1, 0.15) is 18.3 Å². The molecular formula is C13H16O7. The largest absolute Gasteiger partial charge is 0.450 e. The molecule has 1 aliphatic heterocycles. The number of aliphatic hydroxyl groups excluding tert-OH is 4. The van der Waals surface area contributed by atoms with Gasteiger partial charge in [0.05, 0.1) is 12.2 Å². The van der Waals surface area contributed by atoms with Crippen molar-refractivity contribution in [2.45, 2.75) is 30.7 Å². The average molecular weight is 284 g/mol. The van der Waals surface area contributed by atoms with Gasteiger partial charge in [-0.1, -0.05) is 18.2 Å². The van der Waals surface area contributed by atoms with E-state index in [1.165, 1.54) is 12.1 Å².